The Balaban J connectivity index is 2.47. The molecule has 0 aromatic heterocycles. The minimum absolute atomic E-state index is 0.771. The van der Waals surface area contributed by atoms with E-state index in [0.29, 0.717) is 0 Å². The van der Waals surface area contributed by atoms with Crippen molar-refractivity contribution >= 4 is 22.5 Å². The van der Waals surface area contributed by atoms with Gasteiger partial charge in [-0.3, -0.25) is 0 Å². The van der Waals surface area contributed by atoms with Crippen LogP contribution in [0.15, 0.2) is 67.2 Å². The van der Waals surface area contributed by atoms with Gasteiger partial charge in [0.05, 0.1) is 0 Å². The highest BCUT2D eigenvalue weighted by Crippen LogP contribution is 2.36. The summed E-state index contributed by atoms with van der Waals surface area (Å²) in [4.78, 5) is 0. The normalized spacial score (nSPS) is 10.5. The topological polar surface area (TPSA) is 26.0 Å². The fourth-order valence-corrected chi connectivity index (χ4v) is 2.52. The van der Waals surface area contributed by atoms with Crippen LogP contribution < -0.4 is 5.73 Å². The van der Waals surface area contributed by atoms with Gasteiger partial charge in [0.25, 0.3) is 0 Å². The molecule has 0 heterocycles. The quantitative estimate of drug-likeness (QED) is 0.649. The molecule has 0 atom stereocenters. The van der Waals surface area contributed by atoms with Gasteiger partial charge >= 0.3 is 0 Å². The van der Waals surface area contributed by atoms with Gasteiger partial charge in [0.1, 0.15) is 0 Å². The van der Waals surface area contributed by atoms with Gasteiger partial charge in [-0.25, -0.2) is 0 Å². The summed E-state index contributed by atoms with van der Waals surface area (Å²) < 4.78 is 0. The Morgan fingerprint density at radius 2 is 1.58 bits per heavy atom. The first-order chi connectivity index (χ1) is 9.31. The number of nitrogens with two attached hydrogens (primary N) is 1. The molecule has 19 heavy (non-hydrogen) atoms. The van der Waals surface area contributed by atoms with Crippen molar-refractivity contribution < 1.29 is 0 Å². The van der Waals surface area contributed by atoms with Crippen LogP contribution in [0.3, 0.4) is 0 Å². The van der Waals surface area contributed by atoms with E-state index in [1.807, 2.05) is 36.4 Å². The van der Waals surface area contributed by atoms with Crippen molar-refractivity contribution in [3.63, 3.8) is 0 Å². The Labute approximate surface area is 113 Å². The summed E-state index contributed by atoms with van der Waals surface area (Å²) >= 11 is 0. The minimum atomic E-state index is 0.771. The molecule has 0 aliphatic carbocycles. The van der Waals surface area contributed by atoms with Crippen molar-refractivity contribution in [3.05, 3.63) is 72.8 Å². The summed E-state index contributed by atoms with van der Waals surface area (Å²) in [5.74, 6) is 0. The van der Waals surface area contributed by atoms with Crippen LogP contribution in [-0.4, -0.2) is 0 Å². The van der Waals surface area contributed by atoms with E-state index in [1.165, 1.54) is 10.9 Å². The lowest BCUT2D eigenvalue weighted by atomic mass is 9.92. The van der Waals surface area contributed by atoms with Crippen molar-refractivity contribution in [2.45, 2.75) is 0 Å². The molecule has 3 aromatic rings. The zero-order chi connectivity index (χ0) is 13.2. The second-order valence-electron chi connectivity index (χ2n) is 4.55. The summed E-state index contributed by atoms with van der Waals surface area (Å²) in [6.45, 7) is 3.90. The van der Waals surface area contributed by atoms with Crippen LogP contribution in [0, 0.1) is 0 Å². The van der Waals surface area contributed by atoms with E-state index in [4.69, 9.17) is 5.73 Å². The van der Waals surface area contributed by atoms with E-state index in [2.05, 4.69) is 36.9 Å². The molecule has 0 aliphatic heterocycles. The first-order valence-corrected chi connectivity index (χ1v) is 6.30. The van der Waals surface area contributed by atoms with Crippen LogP contribution >= 0.6 is 0 Å². The fourth-order valence-electron chi connectivity index (χ4n) is 2.52. The maximum Gasteiger partial charge on any atom is 0.0400 e. The van der Waals surface area contributed by atoms with Crippen molar-refractivity contribution in [1.29, 1.82) is 0 Å². The molecule has 3 rings (SSSR count). The molecule has 1 nitrogen and oxygen atoms in total. The van der Waals surface area contributed by atoms with E-state index >= 15 is 0 Å². The molecule has 3 aromatic carbocycles. The summed E-state index contributed by atoms with van der Waals surface area (Å²) in [5, 5.41) is 2.36. The van der Waals surface area contributed by atoms with Crippen LogP contribution in [0.5, 0.6) is 0 Å². The van der Waals surface area contributed by atoms with Crippen LogP contribution in [-0.2, 0) is 0 Å². The number of hydrogen-bond donors (Lipinski definition) is 1. The highest BCUT2D eigenvalue weighted by Gasteiger charge is 2.10. The third-order valence-electron chi connectivity index (χ3n) is 3.39. The largest absolute Gasteiger partial charge is 0.398 e. The van der Waals surface area contributed by atoms with Crippen LogP contribution in [0.1, 0.15) is 5.56 Å². The van der Waals surface area contributed by atoms with Crippen molar-refractivity contribution in [3.8, 4) is 11.1 Å². The van der Waals surface area contributed by atoms with Gasteiger partial charge in [0.2, 0.25) is 0 Å². The molecule has 0 saturated heterocycles. The number of anilines is 1. The monoisotopic (exact) mass is 245 g/mol. The number of hydrogen-bond acceptors (Lipinski definition) is 1. The van der Waals surface area contributed by atoms with Crippen molar-refractivity contribution in [2.24, 2.45) is 0 Å². The Hall–Kier alpha value is -2.54. The highest BCUT2D eigenvalue weighted by atomic mass is 14.6. The van der Waals surface area contributed by atoms with Crippen LogP contribution in [0.4, 0.5) is 5.69 Å². The van der Waals surface area contributed by atoms with Gasteiger partial charge in [-0.05, 0) is 28.0 Å². The summed E-state index contributed by atoms with van der Waals surface area (Å²) in [7, 11) is 0. The Morgan fingerprint density at radius 3 is 2.32 bits per heavy atom. The molecule has 0 unspecified atom stereocenters. The second-order valence-corrected chi connectivity index (χ2v) is 4.55. The lowest BCUT2D eigenvalue weighted by molar-refractivity contribution is 1.62. The molecule has 92 valence electrons. The minimum Gasteiger partial charge on any atom is -0.398 e. The zero-order valence-electron chi connectivity index (χ0n) is 10.6. The molecule has 0 bridgehead atoms. The summed E-state index contributed by atoms with van der Waals surface area (Å²) in [6, 6.07) is 20.6. The second kappa shape index (κ2) is 4.62. The first-order valence-electron chi connectivity index (χ1n) is 6.30. The average Bonchev–Trinajstić information content (AvgIpc) is 2.46. The van der Waals surface area contributed by atoms with Crippen molar-refractivity contribution in [2.75, 3.05) is 5.73 Å². The molecule has 0 aliphatic rings. The van der Waals surface area contributed by atoms with Crippen LogP contribution in [0.25, 0.3) is 28.0 Å². The number of fused-ring (bicyclic) bond motifs is 1. The molecule has 2 N–H and O–H groups in total. The average molecular weight is 245 g/mol. The summed E-state index contributed by atoms with van der Waals surface area (Å²) in [5.41, 5.74) is 10.3. The number of benzene rings is 3. The molecule has 0 radical (unpaired) electrons. The Bertz CT molecular complexity index is 742. The molecule has 0 amide bonds. The number of rotatable bonds is 2. The zero-order valence-corrected chi connectivity index (χ0v) is 10.6. The lowest BCUT2D eigenvalue weighted by Gasteiger charge is -2.13. The summed E-state index contributed by atoms with van der Waals surface area (Å²) in [6.07, 6.45) is 1.84. The molecule has 0 spiro atoms. The third-order valence-corrected chi connectivity index (χ3v) is 3.39. The smallest absolute Gasteiger partial charge is 0.0400 e. The van der Waals surface area contributed by atoms with Gasteiger partial charge in [0, 0.05) is 11.3 Å². The lowest BCUT2D eigenvalue weighted by Crippen LogP contribution is -1.94. The maximum absolute atomic E-state index is 6.16. The van der Waals surface area contributed by atoms with E-state index in [0.717, 1.165) is 22.2 Å². The van der Waals surface area contributed by atoms with Gasteiger partial charge in [-0.15, -0.1) is 0 Å². The molecule has 1 heteroatoms. The van der Waals surface area contributed by atoms with Crippen molar-refractivity contribution in [1.82, 2.24) is 0 Å². The molecular formula is C18H15N. The first kappa shape index (κ1) is 11.5. The SMILES string of the molecule is C=Cc1c(N)cc2ccccc2c1-c1ccccc1. The predicted molar refractivity (Wildman–Crippen MR) is 83.9 cm³/mol. The van der Waals surface area contributed by atoms with Crippen LogP contribution in [0.2, 0.25) is 0 Å². The molecule has 0 saturated carbocycles. The standard InChI is InChI=1S/C18H15N/c1-2-15-17(19)12-14-10-6-7-11-16(14)18(15)13-8-4-3-5-9-13/h2-12H,1,19H2. The van der Waals surface area contributed by atoms with Gasteiger partial charge < -0.3 is 5.73 Å². The van der Waals surface area contributed by atoms with E-state index in [1.54, 1.807) is 0 Å². The third kappa shape index (κ3) is 1.89. The van der Waals surface area contributed by atoms with Gasteiger partial charge in [-0.1, -0.05) is 67.3 Å². The molecule has 0 fully saturated rings. The Morgan fingerprint density at radius 1 is 0.895 bits per heavy atom. The predicted octanol–water partition coefficient (Wildman–Crippen LogP) is 4.73. The highest BCUT2D eigenvalue weighted by molar-refractivity contribution is 6.04. The van der Waals surface area contributed by atoms with Gasteiger partial charge in [-0.2, -0.15) is 0 Å². The maximum atomic E-state index is 6.16. The molecular weight excluding hydrogens is 230 g/mol. The Kier molecular flexibility index (Phi) is 2.81. The van der Waals surface area contributed by atoms with Gasteiger partial charge in [0.15, 0.2) is 0 Å². The number of nitrogen functional groups attached to an aromatic ring is 1. The van der Waals surface area contributed by atoms with E-state index in [9.17, 15) is 0 Å². The fraction of sp³-hybridized carbons (Fsp3) is 0. The van der Waals surface area contributed by atoms with E-state index < -0.39 is 0 Å². The van der Waals surface area contributed by atoms with E-state index in [-0.39, 0.29) is 0 Å².